The Morgan fingerprint density at radius 2 is 1.94 bits per heavy atom. The predicted octanol–water partition coefficient (Wildman–Crippen LogP) is 0.177. The molecule has 0 unspecified atom stereocenters. The Bertz CT molecular complexity index is 655. The first-order valence-corrected chi connectivity index (χ1v) is 5.18. The molecule has 2 N–H and O–H groups in total. The lowest BCUT2D eigenvalue weighted by Crippen LogP contribution is -2.39. The van der Waals surface area contributed by atoms with Crippen molar-refractivity contribution >= 4 is 5.69 Å². The summed E-state index contributed by atoms with van der Waals surface area (Å²) in [5.41, 5.74) is 6.12. The molecule has 0 bridgehead atoms. The van der Waals surface area contributed by atoms with Crippen LogP contribution < -0.4 is 16.9 Å². The molecule has 1 aromatic heterocycles. The molecule has 0 aliphatic rings. The van der Waals surface area contributed by atoms with Crippen LogP contribution in [0.15, 0.2) is 46.2 Å². The van der Waals surface area contributed by atoms with Gasteiger partial charge in [-0.3, -0.25) is 9.59 Å². The fourth-order valence-electron chi connectivity index (χ4n) is 1.60. The molecule has 0 aliphatic heterocycles. The zero-order valence-corrected chi connectivity index (χ0v) is 9.46. The summed E-state index contributed by atoms with van der Waals surface area (Å²) in [6.45, 7) is 0.347. The molecule has 0 saturated heterocycles. The normalized spacial score (nSPS) is 10.4. The quantitative estimate of drug-likeness (QED) is 0.592. The number of aryl methyl sites for hydroxylation is 1. The Labute approximate surface area is 97.7 Å². The molecule has 0 radical (unpaired) electrons. The zero-order chi connectivity index (χ0) is 12.4. The molecular weight excluding hydrogens is 218 g/mol. The number of hydrogen-bond acceptors (Lipinski definition) is 3. The van der Waals surface area contributed by atoms with Gasteiger partial charge in [0.15, 0.2) is 0 Å². The van der Waals surface area contributed by atoms with Gasteiger partial charge in [0.05, 0.1) is 6.54 Å². The zero-order valence-electron chi connectivity index (χ0n) is 9.46. The van der Waals surface area contributed by atoms with Crippen molar-refractivity contribution in [1.29, 1.82) is 0 Å². The van der Waals surface area contributed by atoms with Gasteiger partial charge in [0.1, 0.15) is 0 Å². The van der Waals surface area contributed by atoms with Crippen molar-refractivity contribution in [3.63, 3.8) is 0 Å². The maximum Gasteiger partial charge on any atom is 0.316 e. The fraction of sp³-hybridized carbons (Fsp3) is 0.167. The van der Waals surface area contributed by atoms with Gasteiger partial charge in [0, 0.05) is 25.1 Å². The van der Waals surface area contributed by atoms with Crippen LogP contribution in [0.25, 0.3) is 0 Å². The summed E-state index contributed by atoms with van der Waals surface area (Å²) in [7, 11) is 1.55. The molecule has 17 heavy (non-hydrogen) atoms. The fourth-order valence-corrected chi connectivity index (χ4v) is 1.60. The van der Waals surface area contributed by atoms with Gasteiger partial charge in [-0.1, -0.05) is 12.1 Å². The lowest BCUT2D eigenvalue weighted by atomic mass is 10.2. The van der Waals surface area contributed by atoms with Gasteiger partial charge in [0.25, 0.3) is 0 Å². The summed E-state index contributed by atoms with van der Waals surface area (Å²) in [5.74, 6) is 0. The van der Waals surface area contributed by atoms with Gasteiger partial charge >= 0.3 is 11.1 Å². The second-order valence-electron chi connectivity index (χ2n) is 3.89. The van der Waals surface area contributed by atoms with E-state index in [9.17, 15) is 9.59 Å². The van der Waals surface area contributed by atoms with Crippen LogP contribution in [0, 0.1) is 0 Å². The van der Waals surface area contributed by atoms with Crippen molar-refractivity contribution in [2.24, 2.45) is 7.05 Å². The van der Waals surface area contributed by atoms with Gasteiger partial charge < -0.3 is 14.9 Å². The number of benzene rings is 1. The van der Waals surface area contributed by atoms with E-state index in [1.807, 2.05) is 12.1 Å². The molecule has 2 rings (SSSR count). The van der Waals surface area contributed by atoms with Crippen LogP contribution >= 0.6 is 0 Å². The van der Waals surface area contributed by atoms with Crippen molar-refractivity contribution in [3.8, 4) is 0 Å². The molecule has 5 nitrogen and oxygen atoms in total. The van der Waals surface area contributed by atoms with Gasteiger partial charge in [0.2, 0.25) is 0 Å². The third kappa shape index (κ3) is 2.28. The summed E-state index contributed by atoms with van der Waals surface area (Å²) in [6, 6.07) is 7.23. The number of rotatable bonds is 2. The first-order chi connectivity index (χ1) is 8.08. The number of nitrogens with zero attached hydrogens (tertiary/aromatic N) is 2. The SMILES string of the molecule is Cn1ccn(Cc2cccc(N)c2)c(=O)c1=O. The smallest absolute Gasteiger partial charge is 0.316 e. The van der Waals surface area contributed by atoms with E-state index in [2.05, 4.69) is 0 Å². The summed E-state index contributed by atoms with van der Waals surface area (Å²) in [6.07, 6.45) is 3.16. The molecule has 1 heterocycles. The average molecular weight is 231 g/mol. The van der Waals surface area contributed by atoms with E-state index in [4.69, 9.17) is 5.73 Å². The Morgan fingerprint density at radius 1 is 1.18 bits per heavy atom. The van der Waals surface area contributed by atoms with Crippen LogP contribution in [0.4, 0.5) is 5.69 Å². The van der Waals surface area contributed by atoms with Crippen LogP contribution in [0.5, 0.6) is 0 Å². The van der Waals surface area contributed by atoms with Crippen LogP contribution in [-0.4, -0.2) is 9.13 Å². The minimum absolute atomic E-state index is 0.347. The molecule has 1 aromatic carbocycles. The average Bonchev–Trinajstić information content (AvgIpc) is 2.30. The predicted molar refractivity (Wildman–Crippen MR) is 65.9 cm³/mol. The first-order valence-electron chi connectivity index (χ1n) is 5.18. The van der Waals surface area contributed by atoms with Crippen molar-refractivity contribution in [2.45, 2.75) is 6.54 Å². The molecule has 0 fully saturated rings. The molecule has 2 aromatic rings. The van der Waals surface area contributed by atoms with E-state index in [0.29, 0.717) is 12.2 Å². The Kier molecular flexibility index (Phi) is 2.82. The Morgan fingerprint density at radius 3 is 2.65 bits per heavy atom. The highest BCUT2D eigenvalue weighted by molar-refractivity contribution is 5.40. The molecule has 88 valence electrons. The van der Waals surface area contributed by atoms with E-state index in [0.717, 1.165) is 5.56 Å². The molecule has 5 heteroatoms. The maximum absolute atomic E-state index is 11.7. The van der Waals surface area contributed by atoms with E-state index < -0.39 is 11.1 Å². The number of hydrogen-bond donors (Lipinski definition) is 1. The monoisotopic (exact) mass is 231 g/mol. The minimum Gasteiger partial charge on any atom is -0.399 e. The van der Waals surface area contributed by atoms with Crippen molar-refractivity contribution < 1.29 is 0 Å². The highest BCUT2D eigenvalue weighted by Gasteiger charge is 2.03. The molecule has 0 saturated carbocycles. The van der Waals surface area contributed by atoms with Crippen LogP contribution in [0.3, 0.4) is 0 Å². The van der Waals surface area contributed by atoms with Gasteiger partial charge in [-0.2, -0.15) is 0 Å². The lowest BCUT2D eigenvalue weighted by molar-refractivity contribution is 0.695. The third-order valence-corrected chi connectivity index (χ3v) is 2.54. The minimum atomic E-state index is -0.531. The molecular formula is C12H13N3O2. The van der Waals surface area contributed by atoms with Crippen LogP contribution in [0.2, 0.25) is 0 Å². The lowest BCUT2D eigenvalue weighted by Gasteiger charge is -2.06. The second kappa shape index (κ2) is 4.29. The molecule has 0 aliphatic carbocycles. The molecule has 0 amide bonds. The summed E-state index contributed by atoms with van der Waals surface area (Å²) >= 11 is 0. The summed E-state index contributed by atoms with van der Waals surface area (Å²) < 4.78 is 2.63. The maximum atomic E-state index is 11.7. The highest BCUT2D eigenvalue weighted by Crippen LogP contribution is 2.06. The number of aromatic nitrogens is 2. The Hall–Kier alpha value is -2.30. The summed E-state index contributed by atoms with van der Waals surface area (Å²) in [5, 5.41) is 0. The number of nitrogens with two attached hydrogens (primary N) is 1. The second-order valence-corrected chi connectivity index (χ2v) is 3.89. The Balaban J connectivity index is 2.41. The third-order valence-electron chi connectivity index (χ3n) is 2.54. The number of nitrogen functional groups attached to an aromatic ring is 1. The van der Waals surface area contributed by atoms with Crippen molar-refractivity contribution in [3.05, 3.63) is 62.9 Å². The highest BCUT2D eigenvalue weighted by atomic mass is 16.2. The van der Waals surface area contributed by atoms with Gasteiger partial charge in [-0.15, -0.1) is 0 Å². The van der Waals surface area contributed by atoms with Crippen molar-refractivity contribution in [2.75, 3.05) is 5.73 Å². The topological polar surface area (TPSA) is 70.0 Å². The molecule has 0 spiro atoms. The van der Waals surface area contributed by atoms with E-state index in [-0.39, 0.29) is 0 Å². The van der Waals surface area contributed by atoms with E-state index >= 15 is 0 Å². The number of anilines is 1. The van der Waals surface area contributed by atoms with Crippen molar-refractivity contribution in [1.82, 2.24) is 9.13 Å². The van der Waals surface area contributed by atoms with E-state index in [1.165, 1.54) is 9.13 Å². The van der Waals surface area contributed by atoms with Crippen LogP contribution in [0.1, 0.15) is 5.56 Å². The van der Waals surface area contributed by atoms with Gasteiger partial charge in [-0.25, -0.2) is 0 Å². The van der Waals surface area contributed by atoms with Crippen LogP contribution in [-0.2, 0) is 13.6 Å². The van der Waals surface area contributed by atoms with E-state index in [1.54, 1.807) is 31.6 Å². The first kappa shape index (κ1) is 11.2. The largest absolute Gasteiger partial charge is 0.399 e. The summed E-state index contributed by atoms with van der Waals surface area (Å²) in [4.78, 5) is 23.1. The standard InChI is InChI=1S/C12H13N3O2/c1-14-5-6-15(12(17)11(14)16)8-9-3-2-4-10(13)7-9/h2-7H,8,13H2,1H3. The molecule has 0 atom stereocenters. The van der Waals surface area contributed by atoms with Gasteiger partial charge in [-0.05, 0) is 17.7 Å².